The van der Waals surface area contributed by atoms with E-state index in [9.17, 15) is 14.7 Å². The van der Waals surface area contributed by atoms with E-state index in [2.05, 4.69) is 19.1 Å². The highest BCUT2D eigenvalue weighted by Crippen LogP contribution is 2.38. The van der Waals surface area contributed by atoms with Crippen LogP contribution in [0.5, 0.6) is 0 Å². The van der Waals surface area contributed by atoms with Crippen molar-refractivity contribution in [3.05, 3.63) is 12.2 Å². The predicted octanol–water partition coefficient (Wildman–Crippen LogP) is 3.69. The molecule has 0 aromatic rings. The summed E-state index contributed by atoms with van der Waals surface area (Å²) in [7, 11) is 0. The van der Waals surface area contributed by atoms with Crippen molar-refractivity contribution >= 4 is 11.8 Å². The number of hydrogen-bond acceptors (Lipinski definition) is 4. The second-order valence-electron chi connectivity index (χ2n) is 7.62. The van der Waals surface area contributed by atoms with Gasteiger partial charge in [-0.05, 0) is 44.1 Å². The normalized spacial score (nSPS) is 24.4. The molecule has 0 bridgehead atoms. The summed E-state index contributed by atoms with van der Waals surface area (Å²) in [6.07, 6.45) is 13.4. The van der Waals surface area contributed by atoms with E-state index < -0.39 is 12.1 Å². The Kier molecular flexibility index (Phi) is 11.5. The highest BCUT2D eigenvalue weighted by Gasteiger charge is 2.39. The standard InChI is InChI=1S/C21H37NO4/c1-2-3-4-5-6-8-11-17-16(15-22)14-20(24)18(17)12-9-7-10-13-19(23)21(25)26/h8,11,16-19,23H,2-7,9-10,12-15,22H2,1H3,(H,25,26)/t16-,17-,18+,19?/m0/s1. The van der Waals surface area contributed by atoms with Gasteiger partial charge in [0.25, 0.3) is 0 Å². The Morgan fingerprint density at radius 3 is 2.62 bits per heavy atom. The Morgan fingerprint density at radius 2 is 1.96 bits per heavy atom. The minimum atomic E-state index is -1.27. The quantitative estimate of drug-likeness (QED) is 0.321. The lowest BCUT2D eigenvalue weighted by Gasteiger charge is -2.19. The fourth-order valence-corrected chi connectivity index (χ4v) is 3.92. The van der Waals surface area contributed by atoms with Crippen LogP contribution in [0.15, 0.2) is 12.2 Å². The highest BCUT2D eigenvalue weighted by molar-refractivity contribution is 5.84. The van der Waals surface area contributed by atoms with Gasteiger partial charge in [0, 0.05) is 12.3 Å². The molecule has 26 heavy (non-hydrogen) atoms. The van der Waals surface area contributed by atoms with Crippen LogP contribution in [0, 0.1) is 17.8 Å². The van der Waals surface area contributed by atoms with Crippen molar-refractivity contribution in [2.24, 2.45) is 23.5 Å². The van der Waals surface area contributed by atoms with E-state index in [1.165, 1.54) is 25.7 Å². The van der Waals surface area contributed by atoms with Gasteiger partial charge in [0.15, 0.2) is 6.10 Å². The van der Waals surface area contributed by atoms with Gasteiger partial charge < -0.3 is 15.9 Å². The number of carbonyl (C=O) groups excluding carboxylic acids is 1. The minimum Gasteiger partial charge on any atom is -0.479 e. The van der Waals surface area contributed by atoms with Gasteiger partial charge >= 0.3 is 5.97 Å². The molecule has 5 nitrogen and oxygen atoms in total. The van der Waals surface area contributed by atoms with Gasteiger partial charge in [-0.25, -0.2) is 4.79 Å². The topological polar surface area (TPSA) is 101 Å². The molecule has 1 rings (SSSR count). The molecule has 0 amide bonds. The maximum absolute atomic E-state index is 12.4. The summed E-state index contributed by atoms with van der Waals surface area (Å²) in [6, 6.07) is 0. The van der Waals surface area contributed by atoms with Gasteiger partial charge in [0.2, 0.25) is 0 Å². The van der Waals surface area contributed by atoms with Crippen LogP contribution in [-0.2, 0) is 9.59 Å². The molecular weight excluding hydrogens is 330 g/mol. The molecule has 1 aliphatic carbocycles. The van der Waals surface area contributed by atoms with Crippen molar-refractivity contribution in [3.8, 4) is 0 Å². The number of Topliss-reactive ketones (excluding diaryl/α,β-unsaturated/α-hetero) is 1. The summed E-state index contributed by atoms with van der Waals surface area (Å²) < 4.78 is 0. The number of aliphatic hydroxyl groups excluding tert-OH is 1. The first-order valence-electron chi connectivity index (χ1n) is 10.3. The van der Waals surface area contributed by atoms with Crippen LogP contribution in [-0.4, -0.2) is 34.6 Å². The molecule has 5 heteroatoms. The van der Waals surface area contributed by atoms with Crippen molar-refractivity contribution in [1.82, 2.24) is 0 Å². The molecule has 1 fully saturated rings. The average molecular weight is 368 g/mol. The van der Waals surface area contributed by atoms with Gasteiger partial charge in [-0.3, -0.25) is 4.79 Å². The Bertz CT molecular complexity index is 449. The number of carbonyl (C=O) groups is 2. The van der Waals surface area contributed by atoms with E-state index in [0.717, 1.165) is 25.7 Å². The van der Waals surface area contributed by atoms with E-state index in [1.807, 2.05) is 0 Å². The van der Waals surface area contributed by atoms with Gasteiger partial charge in [-0.15, -0.1) is 0 Å². The Morgan fingerprint density at radius 1 is 1.23 bits per heavy atom. The third kappa shape index (κ3) is 8.00. The average Bonchev–Trinajstić information content (AvgIpc) is 2.92. The van der Waals surface area contributed by atoms with Crippen LogP contribution < -0.4 is 5.73 Å². The zero-order valence-electron chi connectivity index (χ0n) is 16.2. The number of carboxylic acid groups (broad SMARTS) is 1. The zero-order valence-corrected chi connectivity index (χ0v) is 16.2. The summed E-state index contributed by atoms with van der Waals surface area (Å²) in [5, 5.41) is 18.0. The first-order chi connectivity index (χ1) is 12.5. The lowest BCUT2D eigenvalue weighted by Crippen LogP contribution is -2.21. The summed E-state index contributed by atoms with van der Waals surface area (Å²) in [4.78, 5) is 23.0. The molecule has 0 heterocycles. The van der Waals surface area contributed by atoms with Crippen LogP contribution >= 0.6 is 0 Å². The van der Waals surface area contributed by atoms with Crippen LogP contribution in [0.4, 0.5) is 0 Å². The molecule has 1 saturated carbocycles. The van der Waals surface area contributed by atoms with Gasteiger partial charge in [0.1, 0.15) is 5.78 Å². The van der Waals surface area contributed by atoms with Gasteiger partial charge in [-0.1, -0.05) is 57.6 Å². The number of nitrogens with two attached hydrogens (primary N) is 1. The van der Waals surface area contributed by atoms with Gasteiger partial charge in [0.05, 0.1) is 0 Å². The number of carboxylic acids is 1. The monoisotopic (exact) mass is 367 g/mol. The van der Waals surface area contributed by atoms with E-state index >= 15 is 0 Å². The van der Waals surface area contributed by atoms with Crippen LogP contribution in [0.25, 0.3) is 0 Å². The second-order valence-corrected chi connectivity index (χ2v) is 7.62. The maximum Gasteiger partial charge on any atom is 0.332 e. The van der Waals surface area contributed by atoms with Crippen molar-refractivity contribution in [2.75, 3.05) is 6.54 Å². The minimum absolute atomic E-state index is 0.0554. The number of ketones is 1. The molecule has 150 valence electrons. The number of hydrogen-bond donors (Lipinski definition) is 3. The Hall–Kier alpha value is -1.20. The third-order valence-electron chi connectivity index (χ3n) is 5.55. The molecular formula is C21H37NO4. The van der Waals surface area contributed by atoms with Crippen LogP contribution in [0.2, 0.25) is 0 Å². The molecule has 4 N–H and O–H groups in total. The number of unbranched alkanes of at least 4 members (excludes halogenated alkanes) is 6. The Labute approximate surface area is 158 Å². The molecule has 1 aliphatic rings. The summed E-state index contributed by atoms with van der Waals surface area (Å²) >= 11 is 0. The SMILES string of the molecule is CCCCCCC=C[C@H]1[C@H](CN)CC(=O)[C@@H]1CCCCCC(O)C(=O)O. The van der Waals surface area contributed by atoms with E-state index in [0.29, 0.717) is 25.2 Å². The predicted molar refractivity (Wildman–Crippen MR) is 104 cm³/mol. The van der Waals surface area contributed by atoms with Crippen molar-refractivity contribution in [1.29, 1.82) is 0 Å². The number of rotatable bonds is 14. The molecule has 0 spiro atoms. The molecule has 0 radical (unpaired) electrons. The van der Waals surface area contributed by atoms with Crippen LogP contribution in [0.1, 0.15) is 77.6 Å². The summed E-state index contributed by atoms with van der Waals surface area (Å²) in [5.41, 5.74) is 5.89. The maximum atomic E-state index is 12.4. The van der Waals surface area contributed by atoms with E-state index in [4.69, 9.17) is 10.8 Å². The van der Waals surface area contributed by atoms with Crippen molar-refractivity contribution in [2.45, 2.75) is 83.7 Å². The van der Waals surface area contributed by atoms with Crippen LogP contribution in [0.3, 0.4) is 0 Å². The molecule has 0 aromatic heterocycles. The van der Waals surface area contributed by atoms with Crippen molar-refractivity contribution in [3.63, 3.8) is 0 Å². The largest absolute Gasteiger partial charge is 0.479 e. The Balaban J connectivity index is 2.40. The highest BCUT2D eigenvalue weighted by atomic mass is 16.4. The number of aliphatic carboxylic acids is 1. The fraction of sp³-hybridized carbons (Fsp3) is 0.810. The molecule has 1 unspecified atom stereocenters. The van der Waals surface area contributed by atoms with E-state index in [-0.39, 0.29) is 24.2 Å². The zero-order chi connectivity index (χ0) is 19.4. The third-order valence-corrected chi connectivity index (χ3v) is 5.55. The summed E-state index contributed by atoms with van der Waals surface area (Å²) in [5.74, 6) is -0.270. The molecule has 0 aliphatic heterocycles. The molecule has 0 aromatic carbocycles. The van der Waals surface area contributed by atoms with E-state index in [1.54, 1.807) is 0 Å². The fourth-order valence-electron chi connectivity index (χ4n) is 3.92. The number of allylic oxidation sites excluding steroid dienone is 2. The lowest BCUT2D eigenvalue weighted by atomic mass is 9.85. The molecule has 4 atom stereocenters. The van der Waals surface area contributed by atoms with Gasteiger partial charge in [-0.2, -0.15) is 0 Å². The first kappa shape index (κ1) is 22.8. The lowest BCUT2D eigenvalue weighted by molar-refractivity contribution is -0.146. The summed E-state index contributed by atoms with van der Waals surface area (Å²) in [6.45, 7) is 2.76. The second kappa shape index (κ2) is 13.0. The first-order valence-corrected chi connectivity index (χ1v) is 10.3. The molecule has 0 saturated heterocycles. The smallest absolute Gasteiger partial charge is 0.332 e. The van der Waals surface area contributed by atoms with Crippen molar-refractivity contribution < 1.29 is 19.8 Å². The number of aliphatic hydroxyl groups is 1.